The van der Waals surface area contributed by atoms with Crippen LogP contribution in [-0.4, -0.2) is 5.75 Å². The van der Waals surface area contributed by atoms with Gasteiger partial charge in [-0.15, -0.1) is 11.8 Å². The van der Waals surface area contributed by atoms with Crippen molar-refractivity contribution in [3.8, 4) is 0 Å². The minimum absolute atomic E-state index is 1.03. The topological polar surface area (TPSA) is 0 Å². The molecule has 0 nitrogen and oxygen atoms in total. The molecule has 1 heteroatoms. The molecule has 0 spiro atoms. The van der Waals surface area contributed by atoms with Crippen LogP contribution in [0.1, 0.15) is 25.0 Å². The smallest absolute Gasteiger partial charge is 0.0187 e. The van der Waals surface area contributed by atoms with Crippen molar-refractivity contribution in [3.05, 3.63) is 52.4 Å². The van der Waals surface area contributed by atoms with Crippen molar-refractivity contribution >= 4 is 17.8 Å². The van der Waals surface area contributed by atoms with Gasteiger partial charge in [0.1, 0.15) is 0 Å². The number of hydrogen-bond donors (Lipinski definition) is 0. The fraction of sp³-hybridized carbons (Fsp3) is 0.286. The lowest BCUT2D eigenvalue weighted by atomic mass is 10.1. The highest BCUT2D eigenvalue weighted by molar-refractivity contribution is 8.03. The first-order valence-corrected chi connectivity index (χ1v) is 6.09. The molecule has 0 aliphatic carbocycles. The van der Waals surface area contributed by atoms with Crippen LogP contribution >= 0.6 is 11.8 Å². The normalized spacial score (nSPS) is 11.5. The summed E-state index contributed by atoms with van der Waals surface area (Å²) in [5.41, 5.74) is 4.03. The van der Waals surface area contributed by atoms with Crippen LogP contribution in [0, 0.1) is 6.92 Å². The maximum atomic E-state index is 3.89. The maximum absolute atomic E-state index is 3.89. The van der Waals surface area contributed by atoms with E-state index in [-0.39, 0.29) is 0 Å². The van der Waals surface area contributed by atoms with E-state index in [4.69, 9.17) is 0 Å². The fourth-order valence-electron chi connectivity index (χ4n) is 1.29. The van der Waals surface area contributed by atoms with E-state index >= 15 is 0 Å². The average molecular weight is 218 g/mol. The summed E-state index contributed by atoms with van der Waals surface area (Å²) in [6.07, 6.45) is 2.26. The number of thioether (sulfide) groups is 1. The van der Waals surface area contributed by atoms with Crippen molar-refractivity contribution in [2.45, 2.75) is 20.8 Å². The van der Waals surface area contributed by atoms with Crippen LogP contribution in [0.5, 0.6) is 0 Å². The second kappa shape index (κ2) is 5.82. The van der Waals surface area contributed by atoms with Crippen LogP contribution in [0.3, 0.4) is 0 Å². The fourth-order valence-corrected chi connectivity index (χ4v) is 1.85. The molecule has 0 fully saturated rings. The van der Waals surface area contributed by atoms with E-state index in [1.54, 1.807) is 11.8 Å². The Balaban J connectivity index is 2.70. The summed E-state index contributed by atoms with van der Waals surface area (Å²) < 4.78 is 0. The van der Waals surface area contributed by atoms with Gasteiger partial charge in [0.05, 0.1) is 0 Å². The van der Waals surface area contributed by atoms with Gasteiger partial charge < -0.3 is 0 Å². The molecule has 1 aromatic carbocycles. The van der Waals surface area contributed by atoms with E-state index in [1.165, 1.54) is 21.6 Å². The SMILES string of the molecule is C=C(C)SC/C(C)=C/c1ccccc1C. The highest BCUT2D eigenvalue weighted by atomic mass is 32.2. The Morgan fingerprint density at radius 1 is 1.33 bits per heavy atom. The zero-order valence-electron chi connectivity index (χ0n) is 9.71. The van der Waals surface area contributed by atoms with Crippen LogP contribution in [0.15, 0.2) is 41.3 Å². The van der Waals surface area contributed by atoms with E-state index in [2.05, 4.69) is 50.8 Å². The third kappa shape index (κ3) is 4.39. The summed E-state index contributed by atoms with van der Waals surface area (Å²) in [7, 11) is 0. The highest BCUT2D eigenvalue weighted by Gasteiger charge is 1.95. The monoisotopic (exact) mass is 218 g/mol. The third-order valence-corrected chi connectivity index (χ3v) is 3.23. The summed E-state index contributed by atoms with van der Waals surface area (Å²) in [4.78, 5) is 1.17. The Kier molecular flexibility index (Phi) is 4.70. The maximum Gasteiger partial charge on any atom is 0.0187 e. The number of hydrogen-bond acceptors (Lipinski definition) is 1. The van der Waals surface area contributed by atoms with Gasteiger partial charge in [0.25, 0.3) is 0 Å². The first kappa shape index (κ1) is 12.1. The molecule has 1 aromatic rings. The molecule has 0 saturated carbocycles. The molecule has 1 rings (SSSR count). The summed E-state index contributed by atoms with van der Waals surface area (Å²) >= 11 is 1.80. The van der Waals surface area contributed by atoms with Crippen molar-refractivity contribution in [2.75, 3.05) is 5.75 Å². The van der Waals surface area contributed by atoms with E-state index in [0.29, 0.717) is 0 Å². The number of aryl methyl sites for hydroxylation is 1. The summed E-state index contributed by atoms with van der Waals surface area (Å²) in [6, 6.07) is 8.46. The number of benzene rings is 1. The molecular formula is C14H18S. The Morgan fingerprint density at radius 3 is 2.60 bits per heavy atom. The molecule has 0 aromatic heterocycles. The predicted octanol–water partition coefficient (Wildman–Crippen LogP) is 4.67. The third-order valence-electron chi connectivity index (χ3n) is 2.14. The lowest BCUT2D eigenvalue weighted by molar-refractivity contribution is 1.40. The predicted molar refractivity (Wildman–Crippen MR) is 72.1 cm³/mol. The van der Waals surface area contributed by atoms with Crippen LogP contribution in [0.2, 0.25) is 0 Å². The summed E-state index contributed by atoms with van der Waals surface area (Å²) in [5.74, 6) is 1.03. The second-order valence-corrected chi connectivity index (χ2v) is 5.11. The quantitative estimate of drug-likeness (QED) is 0.708. The van der Waals surface area contributed by atoms with Crippen molar-refractivity contribution in [1.29, 1.82) is 0 Å². The molecular weight excluding hydrogens is 200 g/mol. The molecule has 15 heavy (non-hydrogen) atoms. The van der Waals surface area contributed by atoms with Gasteiger partial charge in [-0.1, -0.05) is 42.5 Å². The average Bonchev–Trinajstić information content (AvgIpc) is 2.18. The van der Waals surface area contributed by atoms with E-state index < -0.39 is 0 Å². The molecule has 0 atom stereocenters. The van der Waals surface area contributed by atoms with Gasteiger partial charge in [-0.25, -0.2) is 0 Å². The van der Waals surface area contributed by atoms with Gasteiger partial charge in [-0.3, -0.25) is 0 Å². The Bertz CT molecular complexity index is 375. The van der Waals surface area contributed by atoms with Gasteiger partial charge >= 0.3 is 0 Å². The van der Waals surface area contributed by atoms with Crippen LogP contribution in [-0.2, 0) is 0 Å². The Labute approximate surface area is 97.1 Å². The summed E-state index contributed by atoms with van der Waals surface area (Å²) in [5, 5.41) is 0. The first-order valence-electron chi connectivity index (χ1n) is 5.10. The lowest BCUT2D eigenvalue weighted by Crippen LogP contribution is -1.84. The van der Waals surface area contributed by atoms with E-state index in [0.717, 1.165) is 5.75 Å². The Morgan fingerprint density at radius 2 is 2.00 bits per heavy atom. The molecule has 0 N–H and O–H groups in total. The molecule has 0 bridgehead atoms. The van der Waals surface area contributed by atoms with Gasteiger partial charge in [0.15, 0.2) is 0 Å². The number of rotatable bonds is 4. The molecule has 0 aliphatic heterocycles. The first-order chi connectivity index (χ1) is 7.09. The Hall–Kier alpha value is -0.950. The molecule has 0 unspecified atom stereocenters. The van der Waals surface area contributed by atoms with Gasteiger partial charge in [0, 0.05) is 5.75 Å². The van der Waals surface area contributed by atoms with Crippen molar-refractivity contribution in [3.63, 3.8) is 0 Å². The number of allylic oxidation sites excluding steroid dienone is 1. The molecule has 0 saturated heterocycles. The second-order valence-electron chi connectivity index (χ2n) is 3.84. The van der Waals surface area contributed by atoms with Gasteiger partial charge in [-0.2, -0.15) is 0 Å². The van der Waals surface area contributed by atoms with Crippen molar-refractivity contribution in [1.82, 2.24) is 0 Å². The van der Waals surface area contributed by atoms with Crippen LogP contribution < -0.4 is 0 Å². The molecule has 0 amide bonds. The largest absolute Gasteiger partial charge is 0.127 e. The minimum atomic E-state index is 1.03. The molecule has 0 radical (unpaired) electrons. The standard InChI is InChI=1S/C14H18S/c1-11(2)15-10-12(3)9-14-8-6-5-7-13(14)4/h5-9H,1,10H2,2-4H3/b12-9+. The van der Waals surface area contributed by atoms with Gasteiger partial charge in [-0.05, 0) is 36.8 Å². The zero-order chi connectivity index (χ0) is 11.3. The molecule has 0 aliphatic rings. The van der Waals surface area contributed by atoms with Crippen molar-refractivity contribution < 1.29 is 0 Å². The van der Waals surface area contributed by atoms with E-state index in [1.807, 2.05) is 6.92 Å². The zero-order valence-corrected chi connectivity index (χ0v) is 10.5. The summed E-state index contributed by atoms with van der Waals surface area (Å²) in [6.45, 7) is 10.2. The van der Waals surface area contributed by atoms with Gasteiger partial charge in [0.2, 0.25) is 0 Å². The van der Waals surface area contributed by atoms with Crippen LogP contribution in [0.25, 0.3) is 6.08 Å². The molecule has 0 heterocycles. The minimum Gasteiger partial charge on any atom is -0.127 e. The molecule has 80 valence electrons. The van der Waals surface area contributed by atoms with E-state index in [9.17, 15) is 0 Å². The lowest BCUT2D eigenvalue weighted by Gasteiger charge is -2.03. The van der Waals surface area contributed by atoms with Crippen LogP contribution in [0.4, 0.5) is 0 Å². The highest BCUT2D eigenvalue weighted by Crippen LogP contribution is 2.18. The van der Waals surface area contributed by atoms with Crippen molar-refractivity contribution in [2.24, 2.45) is 0 Å².